The second kappa shape index (κ2) is 7.85. The number of likely N-dealkylation sites (N-methyl/N-ethyl adjacent to an activating group) is 1. The zero-order valence-electron chi connectivity index (χ0n) is 15.0. The fourth-order valence-electron chi connectivity index (χ4n) is 2.54. The van der Waals surface area contributed by atoms with E-state index in [0.717, 1.165) is 5.76 Å². The van der Waals surface area contributed by atoms with Crippen molar-refractivity contribution < 1.29 is 26.9 Å². The Balaban J connectivity index is 1.66. The molecule has 0 aliphatic carbocycles. The summed E-state index contributed by atoms with van der Waals surface area (Å²) in [5.74, 6) is -1.23. The lowest BCUT2D eigenvalue weighted by atomic mass is 10.1. The molecule has 148 valence electrons. The van der Waals surface area contributed by atoms with Crippen molar-refractivity contribution in [3.05, 3.63) is 59.9 Å². The first-order valence-corrected chi connectivity index (χ1v) is 8.25. The van der Waals surface area contributed by atoms with E-state index in [1.807, 2.05) is 25.1 Å². The number of nitrogens with zero attached hydrogens (tertiary/aromatic N) is 3. The van der Waals surface area contributed by atoms with Crippen molar-refractivity contribution in [2.75, 3.05) is 20.6 Å². The highest BCUT2D eigenvalue weighted by molar-refractivity contribution is 5.94. The second-order valence-corrected chi connectivity index (χ2v) is 6.20. The molecular weight excluding hydrogens is 377 g/mol. The fraction of sp³-hybridized carbons (Fsp3) is 0.278. The summed E-state index contributed by atoms with van der Waals surface area (Å²) < 4.78 is 47.2. The lowest BCUT2D eigenvalue weighted by Crippen LogP contribution is -2.34. The number of amides is 1. The molecule has 0 saturated carbocycles. The summed E-state index contributed by atoms with van der Waals surface area (Å²) >= 11 is 0. The highest BCUT2D eigenvalue weighted by Gasteiger charge is 2.38. The molecule has 2 aromatic heterocycles. The minimum Gasteiger partial charge on any atom is -0.468 e. The quantitative estimate of drug-likeness (QED) is 0.690. The van der Waals surface area contributed by atoms with Crippen molar-refractivity contribution in [2.45, 2.75) is 12.2 Å². The van der Waals surface area contributed by atoms with Gasteiger partial charge in [-0.15, -0.1) is 0 Å². The molecule has 7 nitrogen and oxygen atoms in total. The van der Waals surface area contributed by atoms with Crippen LogP contribution in [0, 0.1) is 0 Å². The Labute approximate surface area is 158 Å². The number of carbonyl (C=O) groups excluding carboxylic acids is 1. The monoisotopic (exact) mass is 394 g/mol. The molecule has 0 aliphatic heterocycles. The molecule has 10 heteroatoms. The van der Waals surface area contributed by atoms with Gasteiger partial charge in [-0.2, -0.15) is 18.2 Å². The van der Waals surface area contributed by atoms with Crippen LogP contribution in [-0.4, -0.2) is 41.6 Å². The minimum absolute atomic E-state index is 0.140. The van der Waals surface area contributed by atoms with Crippen molar-refractivity contribution in [1.82, 2.24) is 20.4 Å². The lowest BCUT2D eigenvalue weighted by Gasteiger charge is -2.22. The highest BCUT2D eigenvalue weighted by atomic mass is 19.4. The van der Waals surface area contributed by atoms with Gasteiger partial charge in [-0.3, -0.25) is 9.69 Å². The SMILES string of the molecule is CN(C)C(CNC(=O)c1ccc(-c2noc(C(F)(F)F)n2)cc1)c1ccco1. The van der Waals surface area contributed by atoms with Crippen LogP contribution in [-0.2, 0) is 6.18 Å². The predicted octanol–water partition coefficient (Wildman–Crippen LogP) is 3.38. The Kier molecular flexibility index (Phi) is 5.50. The topological polar surface area (TPSA) is 84.4 Å². The van der Waals surface area contributed by atoms with E-state index < -0.39 is 12.1 Å². The van der Waals surface area contributed by atoms with Gasteiger partial charge in [0.15, 0.2) is 0 Å². The van der Waals surface area contributed by atoms with E-state index in [4.69, 9.17) is 4.42 Å². The summed E-state index contributed by atoms with van der Waals surface area (Å²) in [5.41, 5.74) is 0.651. The minimum atomic E-state index is -4.71. The normalized spacial score (nSPS) is 12.9. The fourth-order valence-corrected chi connectivity index (χ4v) is 2.54. The Morgan fingerprint density at radius 3 is 2.46 bits per heavy atom. The molecule has 0 spiro atoms. The third-order valence-electron chi connectivity index (χ3n) is 4.02. The molecule has 1 atom stereocenters. The average molecular weight is 394 g/mol. The van der Waals surface area contributed by atoms with Gasteiger partial charge in [0.2, 0.25) is 5.82 Å². The van der Waals surface area contributed by atoms with E-state index >= 15 is 0 Å². The van der Waals surface area contributed by atoms with Gasteiger partial charge in [0.25, 0.3) is 5.91 Å². The van der Waals surface area contributed by atoms with Gasteiger partial charge < -0.3 is 14.3 Å². The van der Waals surface area contributed by atoms with Crippen LogP contribution in [0.1, 0.15) is 28.1 Å². The third-order valence-corrected chi connectivity index (χ3v) is 4.02. The van der Waals surface area contributed by atoms with Crippen LogP contribution in [0.4, 0.5) is 13.2 Å². The summed E-state index contributed by atoms with van der Waals surface area (Å²) in [6.45, 7) is 0.320. The van der Waals surface area contributed by atoms with E-state index in [1.54, 1.807) is 12.3 Å². The van der Waals surface area contributed by atoms with Gasteiger partial charge >= 0.3 is 12.1 Å². The summed E-state index contributed by atoms with van der Waals surface area (Å²) in [4.78, 5) is 17.6. The van der Waals surface area contributed by atoms with Crippen molar-refractivity contribution >= 4 is 5.91 Å². The average Bonchev–Trinajstić information content (AvgIpc) is 3.33. The molecule has 1 unspecified atom stereocenters. The van der Waals surface area contributed by atoms with Gasteiger partial charge in [0.1, 0.15) is 5.76 Å². The molecule has 1 aromatic carbocycles. The third kappa shape index (κ3) is 4.39. The number of hydrogen-bond acceptors (Lipinski definition) is 6. The van der Waals surface area contributed by atoms with Gasteiger partial charge in [-0.1, -0.05) is 17.3 Å². The van der Waals surface area contributed by atoms with E-state index in [-0.39, 0.29) is 17.8 Å². The van der Waals surface area contributed by atoms with Crippen LogP contribution in [0.5, 0.6) is 0 Å². The summed E-state index contributed by atoms with van der Waals surface area (Å²) in [6, 6.07) is 9.32. The number of alkyl halides is 3. The van der Waals surface area contributed by atoms with Crippen LogP contribution in [0.3, 0.4) is 0 Å². The molecule has 0 aliphatic rings. The van der Waals surface area contributed by atoms with Crippen LogP contribution < -0.4 is 5.32 Å². The Morgan fingerprint density at radius 1 is 1.21 bits per heavy atom. The van der Waals surface area contributed by atoms with E-state index in [1.165, 1.54) is 24.3 Å². The first-order chi connectivity index (χ1) is 13.3. The Hall–Kier alpha value is -3.14. The molecular formula is C18H17F3N4O3. The smallest absolute Gasteiger partial charge is 0.468 e. The van der Waals surface area contributed by atoms with Crippen LogP contribution in [0.2, 0.25) is 0 Å². The Morgan fingerprint density at radius 2 is 1.93 bits per heavy atom. The maximum atomic E-state index is 12.5. The Bertz CT molecular complexity index is 918. The maximum Gasteiger partial charge on any atom is 0.471 e. The van der Waals surface area contributed by atoms with E-state index in [2.05, 4.69) is 20.0 Å². The number of hydrogen-bond donors (Lipinski definition) is 1. The molecule has 28 heavy (non-hydrogen) atoms. The largest absolute Gasteiger partial charge is 0.471 e. The molecule has 0 radical (unpaired) electrons. The van der Waals surface area contributed by atoms with Gasteiger partial charge in [-0.05, 0) is 38.4 Å². The predicted molar refractivity (Wildman–Crippen MR) is 92.2 cm³/mol. The zero-order valence-corrected chi connectivity index (χ0v) is 15.0. The number of halogens is 3. The first kappa shape index (κ1) is 19.6. The second-order valence-electron chi connectivity index (χ2n) is 6.20. The van der Waals surface area contributed by atoms with Crippen molar-refractivity contribution in [3.8, 4) is 11.4 Å². The molecule has 3 aromatic rings. The maximum absolute atomic E-state index is 12.5. The molecule has 1 amide bonds. The number of carbonyl (C=O) groups is 1. The van der Waals surface area contributed by atoms with Gasteiger partial charge in [0.05, 0.1) is 12.3 Å². The molecule has 0 saturated heterocycles. The number of rotatable bonds is 6. The van der Waals surface area contributed by atoms with Crippen LogP contribution in [0.25, 0.3) is 11.4 Å². The van der Waals surface area contributed by atoms with Crippen LogP contribution >= 0.6 is 0 Å². The molecule has 1 N–H and O–H groups in total. The summed E-state index contributed by atoms with van der Waals surface area (Å²) in [5, 5.41) is 6.13. The number of nitrogens with one attached hydrogen (secondary N) is 1. The van der Waals surface area contributed by atoms with Gasteiger partial charge in [0, 0.05) is 17.7 Å². The molecule has 0 fully saturated rings. The van der Waals surface area contributed by atoms with Crippen molar-refractivity contribution in [3.63, 3.8) is 0 Å². The van der Waals surface area contributed by atoms with Crippen molar-refractivity contribution in [1.29, 1.82) is 0 Å². The van der Waals surface area contributed by atoms with Crippen molar-refractivity contribution in [2.24, 2.45) is 0 Å². The molecule has 2 heterocycles. The lowest BCUT2D eigenvalue weighted by molar-refractivity contribution is -0.159. The molecule has 3 rings (SSSR count). The number of furan rings is 1. The zero-order chi connectivity index (χ0) is 20.3. The standard InChI is InChI=1S/C18H17F3N4O3/c1-25(2)13(14-4-3-9-27-14)10-22-16(26)12-7-5-11(6-8-12)15-23-17(28-24-15)18(19,20)21/h3-9,13H,10H2,1-2H3,(H,22,26). The molecule has 0 bridgehead atoms. The van der Waals surface area contributed by atoms with E-state index in [9.17, 15) is 18.0 Å². The van der Waals surface area contributed by atoms with Crippen LogP contribution in [0.15, 0.2) is 51.6 Å². The first-order valence-electron chi connectivity index (χ1n) is 8.25. The summed E-state index contributed by atoms with van der Waals surface area (Å²) in [6.07, 6.45) is -3.14. The number of benzene rings is 1. The number of aromatic nitrogens is 2. The van der Waals surface area contributed by atoms with Gasteiger partial charge in [-0.25, -0.2) is 0 Å². The summed E-state index contributed by atoms with van der Waals surface area (Å²) in [7, 11) is 3.74. The highest BCUT2D eigenvalue weighted by Crippen LogP contribution is 2.29. The van der Waals surface area contributed by atoms with E-state index in [0.29, 0.717) is 17.7 Å².